The fourth-order valence-electron chi connectivity index (χ4n) is 1.68. The van der Waals surface area contributed by atoms with Gasteiger partial charge in [-0.25, -0.2) is 8.78 Å². The zero-order valence-electron chi connectivity index (χ0n) is 11.2. The highest BCUT2D eigenvalue weighted by Gasteiger charge is 2.16. The third-order valence-electron chi connectivity index (χ3n) is 2.84. The van der Waals surface area contributed by atoms with Crippen LogP contribution < -0.4 is 4.74 Å². The molecule has 2 aromatic rings. The molecule has 0 heterocycles. The van der Waals surface area contributed by atoms with Gasteiger partial charge in [0.25, 0.3) is 0 Å². The second-order valence-corrected chi connectivity index (χ2v) is 5.45. The second-order valence-electron chi connectivity index (χ2n) is 5.45. The minimum absolute atomic E-state index is 0.116. The van der Waals surface area contributed by atoms with E-state index in [2.05, 4.69) is 0 Å². The highest BCUT2D eigenvalue weighted by molar-refractivity contribution is 5.36. The lowest BCUT2D eigenvalue weighted by Crippen LogP contribution is -2.11. The molecule has 0 radical (unpaired) electrons. The first-order valence-electron chi connectivity index (χ1n) is 6.10. The molecule has 0 spiro atoms. The van der Waals surface area contributed by atoms with Crippen molar-refractivity contribution in [3.05, 3.63) is 59.7 Å². The maximum Gasteiger partial charge on any atom is 0.166 e. The summed E-state index contributed by atoms with van der Waals surface area (Å²) in [4.78, 5) is 0. The summed E-state index contributed by atoms with van der Waals surface area (Å²) in [5, 5.41) is 0. The average Bonchev–Trinajstić information content (AvgIpc) is 2.33. The van der Waals surface area contributed by atoms with E-state index in [-0.39, 0.29) is 17.0 Å². The van der Waals surface area contributed by atoms with E-state index in [0.29, 0.717) is 5.75 Å². The van der Waals surface area contributed by atoms with Crippen LogP contribution in [0.25, 0.3) is 0 Å². The van der Waals surface area contributed by atoms with Gasteiger partial charge in [0.15, 0.2) is 11.6 Å². The van der Waals surface area contributed by atoms with Crippen molar-refractivity contribution in [2.45, 2.75) is 26.2 Å². The van der Waals surface area contributed by atoms with Gasteiger partial charge in [-0.05, 0) is 47.4 Å². The molecule has 0 atom stereocenters. The zero-order valence-corrected chi connectivity index (χ0v) is 11.2. The first kappa shape index (κ1) is 13.5. The maximum atomic E-state index is 13.9. The molecule has 0 bridgehead atoms. The number of hydrogen-bond donors (Lipinski definition) is 0. The quantitative estimate of drug-likeness (QED) is 0.735. The summed E-state index contributed by atoms with van der Waals surface area (Å²) in [6, 6.07) is 10.4. The normalized spacial score (nSPS) is 11.4. The first-order valence-corrected chi connectivity index (χ1v) is 6.10. The van der Waals surface area contributed by atoms with Crippen LogP contribution in [0.3, 0.4) is 0 Å². The van der Waals surface area contributed by atoms with E-state index in [1.54, 1.807) is 6.07 Å². The van der Waals surface area contributed by atoms with Crippen LogP contribution >= 0.6 is 0 Å². The van der Waals surface area contributed by atoms with E-state index in [9.17, 15) is 8.78 Å². The van der Waals surface area contributed by atoms with E-state index >= 15 is 0 Å². The van der Waals surface area contributed by atoms with Gasteiger partial charge >= 0.3 is 0 Å². The molecule has 2 rings (SSSR count). The Morgan fingerprint density at radius 3 is 2.05 bits per heavy atom. The second kappa shape index (κ2) is 5.00. The summed E-state index contributed by atoms with van der Waals surface area (Å²) in [6.45, 7) is 6.05. The van der Waals surface area contributed by atoms with Crippen molar-refractivity contribution in [1.29, 1.82) is 0 Å². The number of halogens is 2. The molecule has 3 heteroatoms. The van der Waals surface area contributed by atoms with Crippen LogP contribution in [0.2, 0.25) is 0 Å². The van der Waals surface area contributed by atoms with Crippen molar-refractivity contribution in [2.75, 3.05) is 0 Å². The van der Waals surface area contributed by atoms with E-state index in [0.717, 1.165) is 5.56 Å². The number of ether oxygens (including phenoxy) is 1. The third kappa shape index (κ3) is 3.31. The van der Waals surface area contributed by atoms with Gasteiger partial charge in [-0.15, -0.1) is 0 Å². The number of rotatable bonds is 2. The third-order valence-corrected chi connectivity index (χ3v) is 2.84. The molecule has 0 aliphatic rings. The Morgan fingerprint density at radius 1 is 0.895 bits per heavy atom. The van der Waals surface area contributed by atoms with Crippen molar-refractivity contribution in [2.24, 2.45) is 0 Å². The molecular weight excluding hydrogens is 246 g/mol. The van der Waals surface area contributed by atoms with Crippen LogP contribution in [0, 0.1) is 11.6 Å². The Hall–Kier alpha value is -1.90. The molecule has 0 N–H and O–H groups in total. The molecular formula is C16H16F2O. The van der Waals surface area contributed by atoms with Crippen molar-refractivity contribution < 1.29 is 13.5 Å². The van der Waals surface area contributed by atoms with Crippen LogP contribution in [-0.4, -0.2) is 0 Å². The lowest BCUT2D eigenvalue weighted by atomic mass is 9.87. The molecule has 0 unspecified atom stereocenters. The topological polar surface area (TPSA) is 9.23 Å². The van der Waals surface area contributed by atoms with Crippen molar-refractivity contribution >= 4 is 0 Å². The molecule has 100 valence electrons. The van der Waals surface area contributed by atoms with Gasteiger partial charge in [-0.3, -0.25) is 0 Å². The maximum absolute atomic E-state index is 13.9. The Morgan fingerprint density at radius 2 is 1.53 bits per heavy atom. The van der Waals surface area contributed by atoms with Crippen LogP contribution in [0.1, 0.15) is 26.3 Å². The summed E-state index contributed by atoms with van der Waals surface area (Å²) in [5.74, 6) is -0.226. The monoisotopic (exact) mass is 262 g/mol. The molecule has 19 heavy (non-hydrogen) atoms. The van der Waals surface area contributed by atoms with E-state index < -0.39 is 5.82 Å². The molecule has 0 saturated carbocycles. The molecule has 0 fully saturated rings. The molecule has 0 aromatic heterocycles. The van der Waals surface area contributed by atoms with E-state index in [1.165, 1.54) is 30.3 Å². The molecule has 2 aromatic carbocycles. The molecule has 0 aliphatic carbocycles. The number of hydrogen-bond acceptors (Lipinski definition) is 1. The molecule has 0 saturated heterocycles. The van der Waals surface area contributed by atoms with Crippen LogP contribution in [0.5, 0.6) is 11.5 Å². The minimum Gasteiger partial charge on any atom is -0.454 e. The highest BCUT2D eigenvalue weighted by atomic mass is 19.1. The SMILES string of the molecule is CC(C)(C)c1ccc(Oc2ccc(F)cc2)c(F)c1. The van der Waals surface area contributed by atoms with Gasteiger partial charge in [-0.1, -0.05) is 26.8 Å². The van der Waals surface area contributed by atoms with Crippen LogP contribution in [0.4, 0.5) is 8.78 Å². The van der Waals surface area contributed by atoms with Gasteiger partial charge in [-0.2, -0.15) is 0 Å². The van der Waals surface area contributed by atoms with Gasteiger partial charge in [0.05, 0.1) is 0 Å². The van der Waals surface area contributed by atoms with Crippen molar-refractivity contribution in [1.82, 2.24) is 0 Å². The lowest BCUT2D eigenvalue weighted by molar-refractivity contribution is 0.438. The Balaban J connectivity index is 2.24. The first-order chi connectivity index (χ1) is 8.86. The minimum atomic E-state index is -0.420. The standard InChI is InChI=1S/C16H16F2O/c1-16(2,3)11-4-9-15(14(18)10-11)19-13-7-5-12(17)6-8-13/h4-10H,1-3H3. The van der Waals surface area contributed by atoms with E-state index in [1.807, 2.05) is 26.8 Å². The predicted octanol–water partition coefficient (Wildman–Crippen LogP) is 5.05. The molecule has 0 aliphatic heterocycles. The summed E-state index contributed by atoms with van der Waals surface area (Å²) in [7, 11) is 0. The Labute approximate surface area is 111 Å². The smallest absolute Gasteiger partial charge is 0.166 e. The fraction of sp³-hybridized carbons (Fsp3) is 0.250. The van der Waals surface area contributed by atoms with Crippen molar-refractivity contribution in [3.8, 4) is 11.5 Å². The average molecular weight is 262 g/mol. The molecule has 1 nitrogen and oxygen atoms in total. The summed E-state index contributed by atoms with van der Waals surface area (Å²) >= 11 is 0. The van der Waals surface area contributed by atoms with Crippen LogP contribution in [0.15, 0.2) is 42.5 Å². The van der Waals surface area contributed by atoms with Gasteiger partial charge in [0, 0.05) is 0 Å². The highest BCUT2D eigenvalue weighted by Crippen LogP contribution is 2.29. The van der Waals surface area contributed by atoms with Crippen LogP contribution in [-0.2, 0) is 5.41 Å². The Bertz CT molecular complexity index is 568. The van der Waals surface area contributed by atoms with Gasteiger partial charge < -0.3 is 4.74 Å². The molecule has 0 amide bonds. The fourth-order valence-corrected chi connectivity index (χ4v) is 1.68. The summed E-state index contributed by atoms with van der Waals surface area (Å²) < 4.78 is 32.1. The van der Waals surface area contributed by atoms with Gasteiger partial charge in [0.1, 0.15) is 11.6 Å². The number of benzene rings is 2. The predicted molar refractivity (Wildman–Crippen MR) is 71.6 cm³/mol. The summed E-state index contributed by atoms with van der Waals surface area (Å²) in [5.41, 5.74) is 0.784. The van der Waals surface area contributed by atoms with E-state index in [4.69, 9.17) is 4.74 Å². The van der Waals surface area contributed by atoms with Crippen molar-refractivity contribution in [3.63, 3.8) is 0 Å². The largest absolute Gasteiger partial charge is 0.454 e. The lowest BCUT2D eigenvalue weighted by Gasteiger charge is -2.19. The Kier molecular flexibility index (Phi) is 3.56. The van der Waals surface area contributed by atoms with Gasteiger partial charge in [0.2, 0.25) is 0 Å². The zero-order chi connectivity index (χ0) is 14.0. The summed E-state index contributed by atoms with van der Waals surface area (Å²) in [6.07, 6.45) is 0.